The maximum absolute atomic E-state index is 12.8. The highest BCUT2D eigenvalue weighted by molar-refractivity contribution is 6.34. The van der Waals surface area contributed by atoms with E-state index < -0.39 is 0 Å². The lowest BCUT2D eigenvalue weighted by atomic mass is 10.1. The first-order valence-corrected chi connectivity index (χ1v) is 7.97. The van der Waals surface area contributed by atoms with Crippen LogP contribution in [0.25, 0.3) is 5.69 Å². The SMILES string of the molecule is COCCN1CN(C(=O)c2cc(-n3cccc3)ccc2Cl)CC1=O. The number of benzene rings is 1. The number of ether oxygens (including phenoxy) is 1. The van der Waals surface area contributed by atoms with Crippen LogP contribution in [0.5, 0.6) is 0 Å². The van der Waals surface area contributed by atoms with Crippen molar-refractivity contribution in [3.05, 3.63) is 53.3 Å². The molecule has 2 aromatic rings. The van der Waals surface area contributed by atoms with Gasteiger partial charge in [0.15, 0.2) is 0 Å². The highest BCUT2D eigenvalue weighted by Crippen LogP contribution is 2.23. The summed E-state index contributed by atoms with van der Waals surface area (Å²) < 4.78 is 6.88. The maximum Gasteiger partial charge on any atom is 0.257 e. The molecule has 1 aromatic heterocycles. The maximum atomic E-state index is 12.8. The van der Waals surface area contributed by atoms with E-state index in [4.69, 9.17) is 16.3 Å². The average molecular weight is 348 g/mol. The number of rotatable bonds is 5. The van der Waals surface area contributed by atoms with Crippen molar-refractivity contribution in [2.24, 2.45) is 0 Å². The molecular weight excluding hydrogens is 330 g/mol. The topological polar surface area (TPSA) is 54.8 Å². The van der Waals surface area contributed by atoms with Crippen molar-refractivity contribution in [1.29, 1.82) is 0 Å². The molecule has 2 amide bonds. The molecule has 3 rings (SSSR count). The largest absolute Gasteiger partial charge is 0.383 e. The van der Waals surface area contributed by atoms with Crippen LogP contribution >= 0.6 is 11.6 Å². The summed E-state index contributed by atoms with van der Waals surface area (Å²) in [6, 6.07) is 9.10. The molecular formula is C17H18ClN3O3. The van der Waals surface area contributed by atoms with Crippen molar-refractivity contribution in [1.82, 2.24) is 14.4 Å². The van der Waals surface area contributed by atoms with E-state index in [1.807, 2.05) is 35.2 Å². The van der Waals surface area contributed by atoms with E-state index in [9.17, 15) is 9.59 Å². The Morgan fingerprint density at radius 2 is 2.04 bits per heavy atom. The minimum atomic E-state index is -0.248. The molecule has 6 nitrogen and oxygen atoms in total. The predicted octanol–water partition coefficient (Wildman–Crippen LogP) is 2.02. The van der Waals surface area contributed by atoms with Crippen molar-refractivity contribution in [3.63, 3.8) is 0 Å². The molecule has 0 atom stereocenters. The number of hydrogen-bond donors (Lipinski definition) is 0. The number of nitrogens with zero attached hydrogens (tertiary/aromatic N) is 3. The second-order valence-electron chi connectivity index (χ2n) is 5.55. The van der Waals surface area contributed by atoms with Crippen molar-refractivity contribution in [3.8, 4) is 5.69 Å². The lowest BCUT2D eigenvalue weighted by Crippen LogP contribution is -2.33. The van der Waals surface area contributed by atoms with Gasteiger partial charge in [0, 0.05) is 31.7 Å². The molecule has 0 radical (unpaired) electrons. The van der Waals surface area contributed by atoms with Gasteiger partial charge in [0.25, 0.3) is 5.91 Å². The molecule has 126 valence electrons. The van der Waals surface area contributed by atoms with Crippen molar-refractivity contribution in [2.75, 3.05) is 33.5 Å². The average Bonchev–Trinajstić information content (AvgIpc) is 3.23. The minimum absolute atomic E-state index is 0.0621. The molecule has 1 aliphatic heterocycles. The molecule has 1 fully saturated rings. The van der Waals surface area contributed by atoms with E-state index in [-0.39, 0.29) is 25.0 Å². The number of amides is 2. The number of halogens is 1. The van der Waals surface area contributed by atoms with Crippen LogP contribution in [-0.4, -0.2) is 59.7 Å². The molecule has 2 heterocycles. The van der Waals surface area contributed by atoms with Crippen molar-refractivity contribution in [2.45, 2.75) is 0 Å². The number of aromatic nitrogens is 1. The van der Waals surface area contributed by atoms with Crippen molar-refractivity contribution >= 4 is 23.4 Å². The van der Waals surface area contributed by atoms with Gasteiger partial charge in [-0.15, -0.1) is 0 Å². The predicted molar refractivity (Wildman–Crippen MR) is 90.3 cm³/mol. The summed E-state index contributed by atoms with van der Waals surface area (Å²) >= 11 is 6.21. The van der Waals surface area contributed by atoms with Crippen LogP contribution in [0.4, 0.5) is 0 Å². The number of hydrogen-bond acceptors (Lipinski definition) is 3. The third kappa shape index (κ3) is 3.29. The monoisotopic (exact) mass is 347 g/mol. The number of carbonyl (C=O) groups excluding carboxylic acids is 2. The Balaban J connectivity index is 1.80. The highest BCUT2D eigenvalue weighted by atomic mass is 35.5. The van der Waals surface area contributed by atoms with E-state index in [1.54, 1.807) is 24.1 Å². The quantitative estimate of drug-likeness (QED) is 0.831. The molecule has 1 aliphatic rings. The van der Waals surface area contributed by atoms with Crippen LogP contribution in [0.1, 0.15) is 10.4 Å². The fraction of sp³-hybridized carbons (Fsp3) is 0.294. The van der Waals surface area contributed by atoms with Gasteiger partial charge in [0.05, 0.1) is 23.9 Å². The van der Waals surface area contributed by atoms with Gasteiger partial charge >= 0.3 is 0 Å². The first-order valence-electron chi connectivity index (χ1n) is 7.59. The lowest BCUT2D eigenvalue weighted by molar-refractivity contribution is -0.127. The van der Waals surface area contributed by atoms with E-state index in [0.717, 1.165) is 5.69 Å². The van der Waals surface area contributed by atoms with Gasteiger partial charge in [-0.05, 0) is 30.3 Å². The molecule has 0 N–H and O–H groups in total. The summed E-state index contributed by atoms with van der Waals surface area (Å²) in [6.07, 6.45) is 3.78. The number of methoxy groups -OCH3 is 1. The zero-order chi connectivity index (χ0) is 17.1. The summed E-state index contributed by atoms with van der Waals surface area (Å²) in [7, 11) is 1.58. The first kappa shape index (κ1) is 16.5. The van der Waals surface area contributed by atoms with Crippen LogP contribution < -0.4 is 0 Å². The summed E-state index contributed by atoms with van der Waals surface area (Å²) in [5, 5.41) is 0.374. The summed E-state index contributed by atoms with van der Waals surface area (Å²) in [4.78, 5) is 27.9. The molecule has 0 unspecified atom stereocenters. The molecule has 0 saturated carbocycles. The lowest BCUT2D eigenvalue weighted by Gasteiger charge is -2.18. The third-order valence-corrected chi connectivity index (χ3v) is 4.29. The molecule has 24 heavy (non-hydrogen) atoms. The Labute approximate surface area is 145 Å². The van der Waals surface area contributed by atoms with Crippen molar-refractivity contribution < 1.29 is 14.3 Å². The molecule has 0 aliphatic carbocycles. The molecule has 1 aromatic carbocycles. The molecule has 0 spiro atoms. The van der Waals surface area contributed by atoms with Gasteiger partial charge in [-0.3, -0.25) is 9.59 Å². The molecule has 7 heteroatoms. The summed E-state index contributed by atoms with van der Waals surface area (Å²) in [6.45, 7) is 1.23. The van der Waals surface area contributed by atoms with Gasteiger partial charge in [0.2, 0.25) is 5.91 Å². The Morgan fingerprint density at radius 1 is 1.29 bits per heavy atom. The second kappa shape index (κ2) is 7.07. The fourth-order valence-corrected chi connectivity index (χ4v) is 2.84. The van der Waals surface area contributed by atoms with Gasteiger partial charge < -0.3 is 19.1 Å². The Bertz CT molecular complexity index is 746. The second-order valence-corrected chi connectivity index (χ2v) is 5.96. The van der Waals surface area contributed by atoms with Crippen LogP contribution in [-0.2, 0) is 9.53 Å². The van der Waals surface area contributed by atoms with Gasteiger partial charge in [-0.25, -0.2) is 0 Å². The van der Waals surface area contributed by atoms with Crippen LogP contribution in [0.15, 0.2) is 42.7 Å². The van der Waals surface area contributed by atoms with Crippen LogP contribution in [0.3, 0.4) is 0 Å². The summed E-state index contributed by atoms with van der Waals surface area (Å²) in [5.41, 5.74) is 1.23. The van der Waals surface area contributed by atoms with E-state index in [2.05, 4.69) is 0 Å². The van der Waals surface area contributed by atoms with E-state index in [0.29, 0.717) is 23.7 Å². The number of carbonyl (C=O) groups is 2. The van der Waals surface area contributed by atoms with Crippen LogP contribution in [0, 0.1) is 0 Å². The first-order chi connectivity index (χ1) is 11.6. The highest BCUT2D eigenvalue weighted by Gasteiger charge is 2.31. The van der Waals surface area contributed by atoms with E-state index >= 15 is 0 Å². The molecule has 1 saturated heterocycles. The smallest absolute Gasteiger partial charge is 0.257 e. The zero-order valence-electron chi connectivity index (χ0n) is 13.3. The van der Waals surface area contributed by atoms with Gasteiger partial charge in [0.1, 0.15) is 6.54 Å². The Morgan fingerprint density at radius 3 is 2.75 bits per heavy atom. The normalized spacial score (nSPS) is 14.5. The minimum Gasteiger partial charge on any atom is -0.383 e. The van der Waals surface area contributed by atoms with Crippen LogP contribution in [0.2, 0.25) is 5.02 Å². The van der Waals surface area contributed by atoms with Gasteiger partial charge in [-0.1, -0.05) is 11.6 Å². The Hall–Kier alpha value is -2.31. The van der Waals surface area contributed by atoms with E-state index in [1.165, 1.54) is 4.90 Å². The third-order valence-electron chi connectivity index (χ3n) is 3.96. The zero-order valence-corrected chi connectivity index (χ0v) is 14.1. The standard InChI is InChI=1S/C17H18ClN3O3/c1-24-9-8-20-12-21(11-16(20)22)17(23)14-10-13(4-5-15(14)18)19-6-2-3-7-19/h2-7,10H,8-9,11-12H2,1H3. The Kier molecular flexibility index (Phi) is 4.87. The summed E-state index contributed by atoms with van der Waals surface area (Å²) in [5.74, 6) is -0.333. The fourth-order valence-electron chi connectivity index (χ4n) is 2.65. The van der Waals surface area contributed by atoms with Gasteiger partial charge in [-0.2, -0.15) is 0 Å². The molecule has 0 bridgehead atoms.